The largest absolute Gasteiger partial charge is 0.481 e. The van der Waals surface area contributed by atoms with Gasteiger partial charge in [-0.3, -0.25) is 9.69 Å². The molecule has 0 aromatic heterocycles. The summed E-state index contributed by atoms with van der Waals surface area (Å²) in [5, 5.41) is 8.98. The lowest BCUT2D eigenvalue weighted by Gasteiger charge is -2.26. The molecule has 1 aromatic rings. The van der Waals surface area contributed by atoms with Gasteiger partial charge in [-0.05, 0) is 30.7 Å². The average molecular weight is 252 g/mol. The molecule has 0 saturated carbocycles. The van der Waals surface area contributed by atoms with Crippen LogP contribution in [0.4, 0.5) is 4.39 Å². The van der Waals surface area contributed by atoms with Crippen LogP contribution < -0.4 is 5.73 Å². The summed E-state index contributed by atoms with van der Waals surface area (Å²) in [5.41, 5.74) is 6.70. The minimum absolute atomic E-state index is 0.0325. The van der Waals surface area contributed by atoms with E-state index in [1.54, 1.807) is 12.1 Å². The van der Waals surface area contributed by atoms with Crippen LogP contribution in [-0.4, -0.2) is 35.6 Å². The van der Waals surface area contributed by atoms with Crippen molar-refractivity contribution in [2.24, 2.45) is 11.7 Å². The molecule has 0 amide bonds. The third-order valence-electron chi connectivity index (χ3n) is 3.49. The Balaban J connectivity index is 2.10. The van der Waals surface area contributed by atoms with Gasteiger partial charge in [0.1, 0.15) is 5.82 Å². The van der Waals surface area contributed by atoms with Gasteiger partial charge in [0, 0.05) is 19.1 Å². The van der Waals surface area contributed by atoms with Crippen molar-refractivity contribution in [3.8, 4) is 0 Å². The lowest BCUT2D eigenvalue weighted by Crippen LogP contribution is -2.32. The molecule has 2 rings (SSSR count). The van der Waals surface area contributed by atoms with Crippen molar-refractivity contribution in [1.29, 1.82) is 0 Å². The third kappa shape index (κ3) is 2.68. The van der Waals surface area contributed by atoms with E-state index in [0.717, 1.165) is 12.1 Å². The van der Waals surface area contributed by atoms with Crippen LogP contribution in [0.2, 0.25) is 0 Å². The van der Waals surface area contributed by atoms with E-state index in [-0.39, 0.29) is 17.8 Å². The van der Waals surface area contributed by atoms with Crippen molar-refractivity contribution in [2.45, 2.75) is 12.5 Å². The zero-order chi connectivity index (χ0) is 13.1. The molecule has 1 heterocycles. The highest BCUT2D eigenvalue weighted by atomic mass is 19.1. The van der Waals surface area contributed by atoms with E-state index in [4.69, 9.17) is 10.8 Å². The standard InChI is InChI=1S/C13H17FN2O2/c14-11-3-1-9(2-4-11)12(7-15)16-6-5-10(8-16)13(17)18/h1-4,10,12H,5-8,15H2,(H,17,18). The molecule has 5 heteroatoms. The van der Waals surface area contributed by atoms with E-state index in [1.165, 1.54) is 12.1 Å². The van der Waals surface area contributed by atoms with E-state index in [0.29, 0.717) is 19.5 Å². The fourth-order valence-electron chi connectivity index (χ4n) is 2.45. The van der Waals surface area contributed by atoms with Crippen molar-refractivity contribution >= 4 is 5.97 Å². The van der Waals surface area contributed by atoms with Crippen LogP contribution in [0.5, 0.6) is 0 Å². The van der Waals surface area contributed by atoms with Crippen LogP contribution in [0.15, 0.2) is 24.3 Å². The number of benzene rings is 1. The number of carboxylic acid groups (broad SMARTS) is 1. The molecule has 1 aromatic carbocycles. The number of rotatable bonds is 4. The number of hydrogen-bond acceptors (Lipinski definition) is 3. The minimum atomic E-state index is -0.757. The van der Waals surface area contributed by atoms with Crippen molar-refractivity contribution in [3.05, 3.63) is 35.6 Å². The van der Waals surface area contributed by atoms with Gasteiger partial charge in [0.25, 0.3) is 0 Å². The number of carboxylic acids is 1. The van der Waals surface area contributed by atoms with E-state index >= 15 is 0 Å². The minimum Gasteiger partial charge on any atom is -0.481 e. The summed E-state index contributed by atoms with van der Waals surface area (Å²) in [6, 6.07) is 6.20. The predicted molar refractivity (Wildman–Crippen MR) is 65.5 cm³/mol. The first-order valence-corrected chi connectivity index (χ1v) is 6.04. The fourth-order valence-corrected chi connectivity index (χ4v) is 2.45. The van der Waals surface area contributed by atoms with Gasteiger partial charge in [0.2, 0.25) is 0 Å². The molecule has 0 spiro atoms. The van der Waals surface area contributed by atoms with Crippen LogP contribution in [0.25, 0.3) is 0 Å². The second-order valence-electron chi connectivity index (χ2n) is 4.62. The van der Waals surface area contributed by atoms with Crippen molar-refractivity contribution in [3.63, 3.8) is 0 Å². The Morgan fingerprint density at radius 3 is 2.67 bits per heavy atom. The first kappa shape index (κ1) is 13.0. The number of nitrogens with two attached hydrogens (primary N) is 1. The van der Waals surface area contributed by atoms with Gasteiger partial charge in [-0.15, -0.1) is 0 Å². The number of hydrogen-bond donors (Lipinski definition) is 2. The average Bonchev–Trinajstić information content (AvgIpc) is 2.82. The van der Waals surface area contributed by atoms with E-state index in [2.05, 4.69) is 4.90 Å². The lowest BCUT2D eigenvalue weighted by atomic mass is 10.1. The Morgan fingerprint density at radius 2 is 2.17 bits per heavy atom. The highest BCUT2D eigenvalue weighted by Crippen LogP contribution is 2.27. The number of likely N-dealkylation sites (tertiary alicyclic amines) is 1. The topological polar surface area (TPSA) is 66.6 Å². The van der Waals surface area contributed by atoms with Crippen LogP contribution in [0.3, 0.4) is 0 Å². The monoisotopic (exact) mass is 252 g/mol. The molecule has 4 nitrogen and oxygen atoms in total. The Hall–Kier alpha value is -1.46. The highest BCUT2D eigenvalue weighted by Gasteiger charge is 2.32. The summed E-state index contributed by atoms with van der Waals surface area (Å²) in [4.78, 5) is 13.0. The van der Waals surface area contributed by atoms with Gasteiger partial charge >= 0.3 is 5.97 Å². The maximum Gasteiger partial charge on any atom is 0.307 e. The van der Waals surface area contributed by atoms with Gasteiger partial charge < -0.3 is 10.8 Å². The summed E-state index contributed by atoms with van der Waals surface area (Å²) >= 11 is 0. The predicted octanol–water partition coefficient (Wildman–Crippen LogP) is 1.23. The second-order valence-corrected chi connectivity index (χ2v) is 4.62. The van der Waals surface area contributed by atoms with Gasteiger partial charge in [0.05, 0.1) is 5.92 Å². The first-order valence-electron chi connectivity index (χ1n) is 6.04. The summed E-state index contributed by atoms with van der Waals surface area (Å²) in [6.45, 7) is 1.63. The van der Waals surface area contributed by atoms with E-state index in [9.17, 15) is 9.18 Å². The molecule has 98 valence electrons. The van der Waals surface area contributed by atoms with Crippen LogP contribution in [0, 0.1) is 11.7 Å². The summed E-state index contributed by atoms with van der Waals surface area (Å²) in [7, 11) is 0. The molecule has 1 aliphatic rings. The summed E-state index contributed by atoms with van der Waals surface area (Å²) in [5.74, 6) is -1.36. The molecular weight excluding hydrogens is 235 g/mol. The van der Waals surface area contributed by atoms with Crippen molar-refractivity contribution < 1.29 is 14.3 Å². The molecule has 0 bridgehead atoms. The smallest absolute Gasteiger partial charge is 0.307 e. The zero-order valence-electron chi connectivity index (χ0n) is 10.1. The lowest BCUT2D eigenvalue weighted by molar-refractivity contribution is -0.141. The summed E-state index contributed by atoms with van der Waals surface area (Å²) in [6.07, 6.45) is 0.646. The number of aliphatic carboxylic acids is 1. The molecular formula is C13H17FN2O2. The number of halogens is 1. The maximum absolute atomic E-state index is 12.9. The Kier molecular flexibility index (Phi) is 3.93. The normalized spacial score (nSPS) is 22.0. The van der Waals surface area contributed by atoms with Gasteiger partial charge in [-0.2, -0.15) is 0 Å². The maximum atomic E-state index is 12.9. The third-order valence-corrected chi connectivity index (χ3v) is 3.49. The molecule has 1 aliphatic heterocycles. The van der Waals surface area contributed by atoms with Crippen LogP contribution >= 0.6 is 0 Å². The molecule has 0 radical (unpaired) electrons. The van der Waals surface area contributed by atoms with Gasteiger partial charge in [-0.25, -0.2) is 4.39 Å². The molecule has 1 fully saturated rings. The first-order chi connectivity index (χ1) is 8.61. The fraction of sp³-hybridized carbons (Fsp3) is 0.462. The number of carbonyl (C=O) groups is 1. The van der Waals surface area contributed by atoms with Gasteiger partial charge in [0.15, 0.2) is 0 Å². The second kappa shape index (κ2) is 5.46. The molecule has 0 aliphatic carbocycles. The number of nitrogens with zero attached hydrogens (tertiary/aromatic N) is 1. The Bertz CT molecular complexity index is 422. The Morgan fingerprint density at radius 1 is 1.50 bits per heavy atom. The zero-order valence-corrected chi connectivity index (χ0v) is 10.1. The molecule has 2 atom stereocenters. The quantitative estimate of drug-likeness (QED) is 0.846. The SMILES string of the molecule is NCC(c1ccc(F)cc1)N1CCC(C(=O)O)C1. The highest BCUT2D eigenvalue weighted by molar-refractivity contribution is 5.70. The van der Waals surface area contributed by atoms with Gasteiger partial charge in [-0.1, -0.05) is 12.1 Å². The van der Waals surface area contributed by atoms with E-state index in [1.807, 2.05) is 0 Å². The summed E-state index contributed by atoms with van der Waals surface area (Å²) < 4.78 is 12.9. The van der Waals surface area contributed by atoms with Crippen molar-refractivity contribution in [2.75, 3.05) is 19.6 Å². The molecule has 1 saturated heterocycles. The molecule has 18 heavy (non-hydrogen) atoms. The molecule has 2 unspecified atom stereocenters. The molecule has 3 N–H and O–H groups in total. The van der Waals surface area contributed by atoms with Crippen LogP contribution in [0.1, 0.15) is 18.0 Å². The van der Waals surface area contributed by atoms with Crippen molar-refractivity contribution in [1.82, 2.24) is 4.90 Å². The Labute approximate surface area is 105 Å². The van der Waals surface area contributed by atoms with Crippen LogP contribution in [-0.2, 0) is 4.79 Å². The van der Waals surface area contributed by atoms with E-state index < -0.39 is 5.97 Å².